The highest BCUT2D eigenvalue weighted by Gasteiger charge is 2.27. The molecule has 1 heterocycles. The SMILES string of the molecule is COc1ccc(OCCCC(=O)Nc2ccc(S(=O)(=O)N3CCN(C)CC3)cc2)cc1. The number of hydrogen-bond acceptors (Lipinski definition) is 6. The first-order valence-electron chi connectivity index (χ1n) is 10.2. The molecule has 1 amide bonds. The summed E-state index contributed by atoms with van der Waals surface area (Å²) in [7, 11) is 0.0749. The normalized spacial score (nSPS) is 15.4. The van der Waals surface area contributed by atoms with Gasteiger partial charge in [0.15, 0.2) is 0 Å². The van der Waals surface area contributed by atoms with E-state index in [1.807, 2.05) is 31.3 Å². The Labute approximate surface area is 183 Å². The van der Waals surface area contributed by atoms with E-state index in [1.165, 1.54) is 16.4 Å². The molecule has 3 rings (SSSR count). The second-order valence-corrected chi connectivity index (χ2v) is 9.35. The van der Waals surface area contributed by atoms with Crippen molar-refractivity contribution in [2.75, 3.05) is 52.3 Å². The molecule has 0 bridgehead atoms. The van der Waals surface area contributed by atoms with Gasteiger partial charge in [-0.25, -0.2) is 8.42 Å². The van der Waals surface area contributed by atoms with E-state index in [2.05, 4.69) is 10.2 Å². The number of benzene rings is 2. The van der Waals surface area contributed by atoms with E-state index in [9.17, 15) is 13.2 Å². The average Bonchev–Trinajstić information content (AvgIpc) is 2.78. The molecule has 168 valence electrons. The number of ether oxygens (including phenoxy) is 2. The van der Waals surface area contributed by atoms with Crippen LogP contribution < -0.4 is 14.8 Å². The number of rotatable bonds is 9. The van der Waals surface area contributed by atoms with Crippen LogP contribution in [-0.4, -0.2) is 70.5 Å². The van der Waals surface area contributed by atoms with E-state index < -0.39 is 10.0 Å². The molecule has 0 aliphatic carbocycles. The zero-order chi connectivity index (χ0) is 22.3. The Balaban J connectivity index is 1.44. The fourth-order valence-electron chi connectivity index (χ4n) is 3.21. The minimum atomic E-state index is -3.51. The van der Waals surface area contributed by atoms with E-state index in [0.29, 0.717) is 38.2 Å². The largest absolute Gasteiger partial charge is 0.497 e. The Hall–Kier alpha value is -2.62. The summed E-state index contributed by atoms with van der Waals surface area (Å²) in [6, 6.07) is 13.6. The molecule has 1 fully saturated rings. The lowest BCUT2D eigenvalue weighted by atomic mass is 10.2. The number of nitrogens with one attached hydrogen (secondary N) is 1. The molecule has 1 aliphatic heterocycles. The van der Waals surface area contributed by atoms with Gasteiger partial charge in [-0.05, 0) is 62.0 Å². The van der Waals surface area contributed by atoms with Crippen LogP contribution in [0, 0.1) is 0 Å². The molecule has 2 aromatic carbocycles. The minimum Gasteiger partial charge on any atom is -0.497 e. The van der Waals surface area contributed by atoms with Crippen molar-refractivity contribution in [1.82, 2.24) is 9.21 Å². The molecule has 0 unspecified atom stereocenters. The molecule has 0 radical (unpaired) electrons. The number of carbonyl (C=O) groups excluding carboxylic acids is 1. The first-order chi connectivity index (χ1) is 14.9. The molecule has 1 N–H and O–H groups in total. The molecule has 9 heteroatoms. The Morgan fingerprint density at radius 2 is 1.58 bits per heavy atom. The Bertz CT molecular complexity index is 954. The van der Waals surface area contributed by atoms with Gasteiger partial charge in [0.05, 0.1) is 18.6 Å². The molecule has 8 nitrogen and oxygen atoms in total. The predicted octanol–water partition coefficient (Wildman–Crippen LogP) is 2.43. The van der Waals surface area contributed by atoms with Gasteiger partial charge in [-0.3, -0.25) is 4.79 Å². The first kappa shape index (κ1) is 23.1. The number of likely N-dealkylation sites (N-methyl/N-ethyl adjacent to an activating group) is 1. The molecule has 0 aromatic heterocycles. The third-order valence-electron chi connectivity index (χ3n) is 5.11. The lowest BCUT2D eigenvalue weighted by molar-refractivity contribution is -0.116. The average molecular weight is 448 g/mol. The summed E-state index contributed by atoms with van der Waals surface area (Å²) in [4.78, 5) is 14.5. The Kier molecular flexibility index (Phi) is 7.89. The number of anilines is 1. The van der Waals surface area contributed by atoms with Crippen LogP contribution in [0.3, 0.4) is 0 Å². The van der Waals surface area contributed by atoms with Gasteiger partial charge < -0.3 is 19.7 Å². The summed E-state index contributed by atoms with van der Waals surface area (Å²) in [5.41, 5.74) is 0.568. The van der Waals surface area contributed by atoms with Crippen LogP contribution in [-0.2, 0) is 14.8 Å². The van der Waals surface area contributed by atoms with Crippen molar-refractivity contribution in [3.05, 3.63) is 48.5 Å². The molecular weight excluding hydrogens is 418 g/mol. The second kappa shape index (κ2) is 10.6. The monoisotopic (exact) mass is 447 g/mol. The summed E-state index contributed by atoms with van der Waals surface area (Å²) < 4.78 is 37.7. The minimum absolute atomic E-state index is 0.145. The van der Waals surface area contributed by atoms with Crippen LogP contribution in [0.25, 0.3) is 0 Å². The van der Waals surface area contributed by atoms with Gasteiger partial charge in [0.1, 0.15) is 11.5 Å². The summed E-state index contributed by atoms with van der Waals surface area (Å²) in [6.07, 6.45) is 0.866. The van der Waals surface area contributed by atoms with E-state index in [4.69, 9.17) is 9.47 Å². The van der Waals surface area contributed by atoms with Crippen LogP contribution in [0.1, 0.15) is 12.8 Å². The highest BCUT2D eigenvalue weighted by Crippen LogP contribution is 2.20. The summed E-state index contributed by atoms with van der Waals surface area (Å²) in [6.45, 7) is 2.82. The molecule has 0 atom stereocenters. The zero-order valence-corrected chi connectivity index (χ0v) is 18.7. The van der Waals surface area contributed by atoms with E-state index in [-0.39, 0.29) is 10.8 Å². The second-order valence-electron chi connectivity index (χ2n) is 7.41. The predicted molar refractivity (Wildman–Crippen MR) is 119 cm³/mol. The van der Waals surface area contributed by atoms with Crippen LogP contribution in [0.5, 0.6) is 11.5 Å². The van der Waals surface area contributed by atoms with Crippen LogP contribution in [0.15, 0.2) is 53.4 Å². The maximum atomic E-state index is 12.8. The first-order valence-corrected chi connectivity index (χ1v) is 11.7. The van der Waals surface area contributed by atoms with Crippen molar-refractivity contribution < 1.29 is 22.7 Å². The third kappa shape index (κ3) is 6.43. The molecule has 1 saturated heterocycles. The van der Waals surface area contributed by atoms with Crippen molar-refractivity contribution in [3.8, 4) is 11.5 Å². The van der Waals surface area contributed by atoms with Crippen molar-refractivity contribution in [1.29, 1.82) is 0 Å². The van der Waals surface area contributed by atoms with Crippen LogP contribution in [0.2, 0.25) is 0 Å². The Morgan fingerprint density at radius 3 is 2.19 bits per heavy atom. The van der Waals surface area contributed by atoms with Gasteiger partial charge in [-0.15, -0.1) is 0 Å². The number of methoxy groups -OCH3 is 1. The highest BCUT2D eigenvalue weighted by atomic mass is 32.2. The maximum absolute atomic E-state index is 12.8. The number of amides is 1. The molecule has 1 aliphatic rings. The molecule has 0 saturated carbocycles. The van der Waals surface area contributed by atoms with Crippen molar-refractivity contribution >= 4 is 21.6 Å². The molecule has 2 aromatic rings. The number of piperazine rings is 1. The van der Waals surface area contributed by atoms with Crippen LogP contribution >= 0.6 is 0 Å². The van der Waals surface area contributed by atoms with E-state index in [1.54, 1.807) is 19.2 Å². The number of carbonyl (C=O) groups is 1. The smallest absolute Gasteiger partial charge is 0.243 e. The standard InChI is InChI=1S/C22H29N3O5S/c1-24-13-15-25(16-14-24)31(27,28)21-11-5-18(6-12-21)23-22(26)4-3-17-30-20-9-7-19(29-2)8-10-20/h5-12H,3-4,13-17H2,1-2H3,(H,23,26). The topological polar surface area (TPSA) is 88.2 Å². The summed E-state index contributed by atoms with van der Waals surface area (Å²) in [5, 5.41) is 2.79. The Morgan fingerprint density at radius 1 is 0.968 bits per heavy atom. The van der Waals surface area contributed by atoms with Crippen LogP contribution in [0.4, 0.5) is 5.69 Å². The molecular formula is C22H29N3O5S. The van der Waals surface area contributed by atoms with E-state index >= 15 is 0 Å². The van der Waals surface area contributed by atoms with Gasteiger partial charge in [-0.2, -0.15) is 4.31 Å². The van der Waals surface area contributed by atoms with Gasteiger partial charge >= 0.3 is 0 Å². The number of nitrogens with zero attached hydrogens (tertiary/aromatic N) is 2. The van der Waals surface area contributed by atoms with Gasteiger partial charge in [0.2, 0.25) is 15.9 Å². The quantitative estimate of drug-likeness (QED) is 0.594. The lowest BCUT2D eigenvalue weighted by Gasteiger charge is -2.31. The summed E-state index contributed by atoms with van der Waals surface area (Å²) >= 11 is 0. The van der Waals surface area contributed by atoms with Crippen molar-refractivity contribution in [2.45, 2.75) is 17.7 Å². The fraction of sp³-hybridized carbons (Fsp3) is 0.409. The van der Waals surface area contributed by atoms with E-state index in [0.717, 1.165) is 24.6 Å². The zero-order valence-electron chi connectivity index (χ0n) is 17.9. The van der Waals surface area contributed by atoms with Gasteiger partial charge in [0, 0.05) is 38.3 Å². The summed E-state index contributed by atoms with van der Waals surface area (Å²) in [5.74, 6) is 1.33. The lowest BCUT2D eigenvalue weighted by Crippen LogP contribution is -2.46. The van der Waals surface area contributed by atoms with Gasteiger partial charge in [0.25, 0.3) is 0 Å². The maximum Gasteiger partial charge on any atom is 0.243 e. The number of hydrogen-bond donors (Lipinski definition) is 1. The highest BCUT2D eigenvalue weighted by molar-refractivity contribution is 7.89. The third-order valence-corrected chi connectivity index (χ3v) is 7.03. The molecule has 0 spiro atoms. The molecule has 31 heavy (non-hydrogen) atoms. The van der Waals surface area contributed by atoms with Crippen molar-refractivity contribution in [2.24, 2.45) is 0 Å². The number of sulfonamides is 1. The van der Waals surface area contributed by atoms with Gasteiger partial charge in [-0.1, -0.05) is 0 Å². The van der Waals surface area contributed by atoms with Crippen molar-refractivity contribution in [3.63, 3.8) is 0 Å². The fourth-order valence-corrected chi connectivity index (χ4v) is 4.63.